The van der Waals surface area contributed by atoms with Crippen LogP contribution in [-0.2, 0) is 4.79 Å². The number of hydrogen-bond donors (Lipinski definition) is 0. The van der Waals surface area contributed by atoms with E-state index in [1.54, 1.807) is 0 Å². The van der Waals surface area contributed by atoms with Crippen LogP contribution in [0.25, 0.3) is 0 Å². The Kier molecular flexibility index (Phi) is 3.24. The van der Waals surface area contributed by atoms with Crippen LogP contribution in [0.5, 0.6) is 0 Å². The summed E-state index contributed by atoms with van der Waals surface area (Å²) in [5.74, 6) is 0. The number of aryl methyl sites for hydroxylation is 2. The van der Waals surface area contributed by atoms with E-state index < -0.39 is 0 Å². The number of para-hydroxylation sites is 1. The Bertz CT molecular complexity index is 499. The van der Waals surface area contributed by atoms with Crippen LogP contribution in [0, 0.1) is 13.8 Å². The number of anilines is 2. The number of benzene rings is 2. The predicted octanol–water partition coefficient (Wildman–Crippen LogP) is 3.51. The molecule has 0 heterocycles. The average molecular weight is 224 g/mol. The van der Waals surface area contributed by atoms with Crippen LogP contribution < -0.4 is 4.90 Å². The molecule has 2 heteroatoms. The first-order valence-electron chi connectivity index (χ1n) is 5.52. The van der Waals surface area contributed by atoms with E-state index in [2.05, 4.69) is 6.07 Å². The summed E-state index contributed by atoms with van der Waals surface area (Å²) < 4.78 is 0. The molecule has 85 valence electrons. The highest BCUT2D eigenvalue weighted by Crippen LogP contribution is 2.25. The fourth-order valence-corrected chi connectivity index (χ4v) is 1.91. The van der Waals surface area contributed by atoms with Crippen LogP contribution in [-0.4, -0.2) is 6.41 Å². The summed E-state index contributed by atoms with van der Waals surface area (Å²) in [5.41, 5.74) is 3.95. The molecule has 1 amide bonds. The molecular formula is C15H14NO. The van der Waals surface area contributed by atoms with Gasteiger partial charge in [0, 0.05) is 11.4 Å². The van der Waals surface area contributed by atoms with Crippen molar-refractivity contribution in [2.45, 2.75) is 13.8 Å². The molecule has 0 saturated heterocycles. The minimum absolute atomic E-state index is 0.826. The van der Waals surface area contributed by atoms with Gasteiger partial charge in [0.1, 0.15) is 0 Å². The van der Waals surface area contributed by atoms with Crippen molar-refractivity contribution in [1.29, 1.82) is 0 Å². The Hall–Kier alpha value is -2.09. The lowest BCUT2D eigenvalue weighted by Crippen LogP contribution is -2.14. The quantitative estimate of drug-likeness (QED) is 0.730. The highest BCUT2D eigenvalue weighted by molar-refractivity contribution is 5.87. The van der Waals surface area contributed by atoms with Gasteiger partial charge in [-0.05, 0) is 49.2 Å². The predicted molar refractivity (Wildman–Crippen MR) is 70.2 cm³/mol. The van der Waals surface area contributed by atoms with Crippen molar-refractivity contribution in [3.63, 3.8) is 0 Å². The van der Waals surface area contributed by atoms with E-state index >= 15 is 0 Å². The molecule has 0 bridgehead atoms. The topological polar surface area (TPSA) is 20.3 Å². The second-order valence-electron chi connectivity index (χ2n) is 4.11. The summed E-state index contributed by atoms with van der Waals surface area (Å²) in [4.78, 5) is 12.7. The van der Waals surface area contributed by atoms with E-state index in [1.807, 2.05) is 62.7 Å². The third kappa shape index (κ3) is 2.53. The molecule has 0 fully saturated rings. The van der Waals surface area contributed by atoms with Crippen LogP contribution in [0.4, 0.5) is 11.4 Å². The van der Waals surface area contributed by atoms with E-state index in [0.717, 1.165) is 22.5 Å². The average Bonchev–Trinajstić information content (AvgIpc) is 2.30. The Balaban J connectivity index is 2.46. The third-order valence-electron chi connectivity index (χ3n) is 2.57. The summed E-state index contributed by atoms with van der Waals surface area (Å²) >= 11 is 0. The zero-order valence-electron chi connectivity index (χ0n) is 9.97. The minimum atomic E-state index is 0.826. The van der Waals surface area contributed by atoms with E-state index in [-0.39, 0.29) is 0 Å². The zero-order chi connectivity index (χ0) is 12.3. The summed E-state index contributed by atoms with van der Waals surface area (Å²) in [6, 6.07) is 15.6. The van der Waals surface area contributed by atoms with Crippen molar-refractivity contribution in [2.75, 3.05) is 4.90 Å². The maximum atomic E-state index is 11.1. The van der Waals surface area contributed by atoms with Crippen LogP contribution in [0.2, 0.25) is 0 Å². The first-order chi connectivity index (χ1) is 8.20. The van der Waals surface area contributed by atoms with Crippen LogP contribution >= 0.6 is 0 Å². The van der Waals surface area contributed by atoms with Crippen molar-refractivity contribution in [2.24, 2.45) is 0 Å². The third-order valence-corrected chi connectivity index (χ3v) is 2.57. The Morgan fingerprint density at radius 2 is 1.47 bits per heavy atom. The van der Waals surface area contributed by atoms with Gasteiger partial charge in [-0.3, -0.25) is 9.69 Å². The Morgan fingerprint density at radius 3 is 2.00 bits per heavy atom. The fourth-order valence-electron chi connectivity index (χ4n) is 1.91. The molecule has 2 aromatic carbocycles. The highest BCUT2D eigenvalue weighted by Gasteiger charge is 2.09. The summed E-state index contributed by atoms with van der Waals surface area (Å²) in [5, 5.41) is 0. The molecule has 1 radical (unpaired) electrons. The lowest BCUT2D eigenvalue weighted by Gasteiger charge is -2.17. The molecule has 0 saturated carbocycles. The van der Waals surface area contributed by atoms with Gasteiger partial charge in [-0.15, -0.1) is 0 Å². The van der Waals surface area contributed by atoms with E-state index in [1.165, 1.54) is 4.90 Å². The van der Waals surface area contributed by atoms with Crippen LogP contribution in [0.15, 0.2) is 48.5 Å². The van der Waals surface area contributed by atoms with E-state index in [4.69, 9.17) is 0 Å². The molecule has 0 aliphatic rings. The Labute approximate surface area is 102 Å². The molecule has 2 nitrogen and oxygen atoms in total. The van der Waals surface area contributed by atoms with Crippen LogP contribution in [0.3, 0.4) is 0 Å². The van der Waals surface area contributed by atoms with Crippen LogP contribution in [0.1, 0.15) is 11.1 Å². The number of carbonyl (C=O) groups excluding carboxylic acids is 1. The summed E-state index contributed by atoms with van der Waals surface area (Å²) in [7, 11) is 0. The van der Waals surface area contributed by atoms with E-state index in [9.17, 15) is 4.79 Å². The van der Waals surface area contributed by atoms with Crippen molar-refractivity contribution >= 4 is 17.8 Å². The first-order valence-corrected chi connectivity index (χ1v) is 5.52. The molecule has 0 aromatic heterocycles. The van der Waals surface area contributed by atoms with Gasteiger partial charge in [-0.1, -0.05) is 24.3 Å². The molecule has 17 heavy (non-hydrogen) atoms. The highest BCUT2D eigenvalue weighted by atomic mass is 16.1. The molecule has 0 aliphatic carbocycles. The maximum Gasteiger partial charge on any atom is 0.321 e. The SMILES string of the molecule is Cc1cc(C)cc(N([C]=O)c2ccccc2)c1. The standard InChI is InChI=1S/C15H14NO/c1-12-8-13(2)10-15(9-12)16(11-17)14-6-4-3-5-7-14/h3-10H,1-2H3. The second-order valence-corrected chi connectivity index (χ2v) is 4.11. The van der Waals surface area contributed by atoms with Crippen molar-refractivity contribution in [1.82, 2.24) is 0 Å². The van der Waals surface area contributed by atoms with Crippen molar-refractivity contribution in [3.8, 4) is 0 Å². The molecule has 0 unspecified atom stereocenters. The largest absolute Gasteiger partial charge is 0.321 e. The lowest BCUT2D eigenvalue weighted by molar-refractivity contribution is 0.556. The molecule has 0 atom stereocenters. The monoisotopic (exact) mass is 224 g/mol. The molecule has 2 aromatic rings. The number of nitrogens with zero attached hydrogens (tertiary/aromatic N) is 1. The molecule has 0 aliphatic heterocycles. The molecule has 0 N–H and O–H groups in total. The second kappa shape index (κ2) is 4.83. The molecular weight excluding hydrogens is 210 g/mol. The first kappa shape index (κ1) is 11.4. The smallest absolute Gasteiger partial charge is 0.273 e. The Morgan fingerprint density at radius 1 is 0.882 bits per heavy atom. The van der Waals surface area contributed by atoms with Gasteiger partial charge in [0.05, 0.1) is 0 Å². The molecule has 0 spiro atoms. The normalized spacial score (nSPS) is 10.0. The van der Waals surface area contributed by atoms with Gasteiger partial charge in [0.15, 0.2) is 0 Å². The van der Waals surface area contributed by atoms with Gasteiger partial charge in [0.25, 0.3) is 0 Å². The van der Waals surface area contributed by atoms with Crippen molar-refractivity contribution in [3.05, 3.63) is 59.7 Å². The lowest BCUT2D eigenvalue weighted by atomic mass is 10.1. The zero-order valence-corrected chi connectivity index (χ0v) is 9.97. The van der Waals surface area contributed by atoms with Gasteiger partial charge in [0.2, 0.25) is 0 Å². The summed E-state index contributed by atoms with van der Waals surface area (Å²) in [6.45, 7) is 4.04. The van der Waals surface area contributed by atoms with Gasteiger partial charge in [-0.25, -0.2) is 0 Å². The number of amides is 1. The summed E-state index contributed by atoms with van der Waals surface area (Å²) in [6.07, 6.45) is 1.97. The number of rotatable bonds is 3. The minimum Gasteiger partial charge on any atom is -0.273 e. The van der Waals surface area contributed by atoms with E-state index in [0.29, 0.717) is 0 Å². The molecule has 2 rings (SSSR count). The van der Waals surface area contributed by atoms with Crippen molar-refractivity contribution < 1.29 is 4.79 Å². The fraction of sp³-hybridized carbons (Fsp3) is 0.133. The maximum absolute atomic E-state index is 11.1. The van der Waals surface area contributed by atoms with Gasteiger partial charge < -0.3 is 0 Å². The number of hydrogen-bond acceptors (Lipinski definition) is 1. The van der Waals surface area contributed by atoms with Gasteiger partial charge in [-0.2, -0.15) is 0 Å². The van der Waals surface area contributed by atoms with Gasteiger partial charge >= 0.3 is 6.41 Å².